The first-order valence-corrected chi connectivity index (χ1v) is 9.98. The third-order valence-corrected chi connectivity index (χ3v) is 4.75. The van der Waals surface area contributed by atoms with Gasteiger partial charge < -0.3 is 5.32 Å². The number of hydrogen-bond acceptors (Lipinski definition) is 4. The second-order valence-electron chi connectivity index (χ2n) is 7.45. The summed E-state index contributed by atoms with van der Waals surface area (Å²) in [5.74, 6) is 0.453. The maximum Gasteiger partial charge on any atom is 0.262 e. The van der Waals surface area contributed by atoms with E-state index >= 15 is 0 Å². The summed E-state index contributed by atoms with van der Waals surface area (Å²) in [5.41, 5.74) is 0.295. The zero-order valence-corrected chi connectivity index (χ0v) is 17.6. The molecule has 5 nitrogen and oxygen atoms in total. The van der Waals surface area contributed by atoms with Gasteiger partial charge in [-0.1, -0.05) is 41.5 Å². The van der Waals surface area contributed by atoms with Gasteiger partial charge in [-0.2, -0.15) is 0 Å². The molecule has 0 aliphatic rings. The molecule has 2 rings (SSSR count). The number of aromatic nitrogens is 2. The Kier molecular flexibility index (Phi) is 6.32. The highest BCUT2D eigenvalue weighted by Crippen LogP contribution is 2.21. The van der Waals surface area contributed by atoms with Crippen LogP contribution in [-0.4, -0.2) is 26.8 Å². The molecule has 136 valence electrons. The molecule has 0 bridgehead atoms. The SMILES string of the molecule is CC(C)Cn1c(SCC(=O)NC(C)(C)C)nc2ccc(Br)cc2c1=O. The van der Waals surface area contributed by atoms with Crippen molar-refractivity contribution in [2.75, 3.05) is 5.75 Å². The lowest BCUT2D eigenvalue weighted by Gasteiger charge is -2.20. The first-order chi connectivity index (χ1) is 11.6. The number of amides is 1. The third kappa shape index (κ3) is 5.57. The molecular weight excluding hydrogens is 402 g/mol. The summed E-state index contributed by atoms with van der Waals surface area (Å²) in [5, 5.41) is 4.09. The molecule has 25 heavy (non-hydrogen) atoms. The Morgan fingerprint density at radius 1 is 1.36 bits per heavy atom. The van der Waals surface area contributed by atoms with E-state index in [1.165, 1.54) is 11.8 Å². The zero-order chi connectivity index (χ0) is 18.8. The van der Waals surface area contributed by atoms with Gasteiger partial charge in [0, 0.05) is 16.6 Å². The number of carbonyl (C=O) groups excluding carboxylic acids is 1. The van der Waals surface area contributed by atoms with Gasteiger partial charge in [0.2, 0.25) is 5.91 Å². The van der Waals surface area contributed by atoms with Gasteiger partial charge in [0.25, 0.3) is 5.56 Å². The molecule has 1 N–H and O–H groups in total. The maximum absolute atomic E-state index is 12.9. The van der Waals surface area contributed by atoms with Crippen LogP contribution in [0.1, 0.15) is 34.6 Å². The second kappa shape index (κ2) is 7.91. The molecule has 0 atom stereocenters. The van der Waals surface area contributed by atoms with E-state index in [9.17, 15) is 9.59 Å². The van der Waals surface area contributed by atoms with Crippen molar-refractivity contribution in [3.63, 3.8) is 0 Å². The van der Waals surface area contributed by atoms with Gasteiger partial charge in [-0.05, 0) is 44.9 Å². The minimum atomic E-state index is -0.279. The van der Waals surface area contributed by atoms with Crippen LogP contribution < -0.4 is 10.9 Å². The Balaban J connectivity index is 2.38. The average molecular weight is 426 g/mol. The summed E-state index contributed by atoms with van der Waals surface area (Å²) < 4.78 is 2.52. The zero-order valence-electron chi connectivity index (χ0n) is 15.2. The Morgan fingerprint density at radius 3 is 2.64 bits per heavy atom. The Bertz CT molecular complexity index is 841. The average Bonchev–Trinajstić information content (AvgIpc) is 2.47. The smallest absolute Gasteiger partial charge is 0.262 e. The van der Waals surface area contributed by atoms with Crippen molar-refractivity contribution in [3.05, 3.63) is 33.0 Å². The minimum Gasteiger partial charge on any atom is -0.351 e. The van der Waals surface area contributed by atoms with Crippen molar-refractivity contribution >= 4 is 44.5 Å². The fourth-order valence-corrected chi connectivity index (χ4v) is 3.56. The van der Waals surface area contributed by atoms with Crippen molar-refractivity contribution in [2.24, 2.45) is 5.92 Å². The predicted octanol–water partition coefficient (Wildman–Crippen LogP) is 3.82. The molecule has 0 saturated carbocycles. The van der Waals surface area contributed by atoms with Gasteiger partial charge in [-0.25, -0.2) is 4.98 Å². The molecule has 1 aromatic carbocycles. The standard InChI is InChI=1S/C18H24BrN3O2S/c1-11(2)9-22-16(24)13-8-12(19)6-7-14(13)20-17(22)25-10-15(23)21-18(3,4)5/h6-8,11H,9-10H2,1-5H3,(H,21,23). The summed E-state index contributed by atoms with van der Waals surface area (Å²) in [6.45, 7) is 10.5. The number of thioether (sulfide) groups is 1. The summed E-state index contributed by atoms with van der Waals surface area (Å²) in [4.78, 5) is 29.6. The van der Waals surface area contributed by atoms with Crippen LogP contribution >= 0.6 is 27.7 Å². The highest BCUT2D eigenvalue weighted by molar-refractivity contribution is 9.10. The summed E-state index contributed by atoms with van der Waals surface area (Å²) >= 11 is 4.70. The minimum absolute atomic E-state index is 0.0706. The Morgan fingerprint density at radius 2 is 2.04 bits per heavy atom. The molecule has 0 aliphatic carbocycles. The van der Waals surface area contributed by atoms with Crippen LogP contribution in [0.5, 0.6) is 0 Å². The molecule has 1 amide bonds. The van der Waals surface area contributed by atoms with Crippen LogP contribution in [0.3, 0.4) is 0 Å². The van der Waals surface area contributed by atoms with Crippen molar-refractivity contribution in [1.82, 2.24) is 14.9 Å². The number of rotatable bonds is 5. The molecule has 0 unspecified atom stereocenters. The Hall–Kier alpha value is -1.34. The van der Waals surface area contributed by atoms with Crippen LogP contribution in [0.15, 0.2) is 32.6 Å². The van der Waals surface area contributed by atoms with Crippen LogP contribution in [0.2, 0.25) is 0 Å². The van der Waals surface area contributed by atoms with Gasteiger partial charge >= 0.3 is 0 Å². The number of hydrogen-bond donors (Lipinski definition) is 1. The van der Waals surface area contributed by atoms with Crippen molar-refractivity contribution < 1.29 is 4.79 Å². The van der Waals surface area contributed by atoms with E-state index in [2.05, 4.69) is 40.1 Å². The van der Waals surface area contributed by atoms with E-state index in [0.717, 1.165) is 4.47 Å². The van der Waals surface area contributed by atoms with Gasteiger partial charge in [0.1, 0.15) is 0 Å². The van der Waals surface area contributed by atoms with E-state index in [-0.39, 0.29) is 22.8 Å². The van der Waals surface area contributed by atoms with E-state index in [4.69, 9.17) is 0 Å². The lowest BCUT2D eigenvalue weighted by atomic mass is 10.1. The highest BCUT2D eigenvalue weighted by atomic mass is 79.9. The fraction of sp³-hybridized carbons (Fsp3) is 0.500. The predicted molar refractivity (Wildman–Crippen MR) is 107 cm³/mol. The molecule has 0 fully saturated rings. The molecule has 0 radical (unpaired) electrons. The third-order valence-electron chi connectivity index (χ3n) is 3.28. The topological polar surface area (TPSA) is 64.0 Å². The van der Waals surface area contributed by atoms with E-state index < -0.39 is 0 Å². The largest absolute Gasteiger partial charge is 0.351 e. The van der Waals surface area contributed by atoms with Crippen molar-refractivity contribution in [3.8, 4) is 0 Å². The molecule has 0 saturated heterocycles. The monoisotopic (exact) mass is 425 g/mol. The highest BCUT2D eigenvalue weighted by Gasteiger charge is 2.17. The lowest BCUT2D eigenvalue weighted by molar-refractivity contribution is -0.119. The Labute approximate surface area is 160 Å². The van der Waals surface area contributed by atoms with Crippen LogP contribution in [0.4, 0.5) is 0 Å². The molecule has 0 aliphatic heterocycles. The van der Waals surface area contributed by atoms with E-state index in [1.54, 1.807) is 10.6 Å². The number of halogens is 1. The molecular formula is C18H24BrN3O2S. The number of fused-ring (bicyclic) bond motifs is 1. The maximum atomic E-state index is 12.9. The van der Waals surface area contributed by atoms with Crippen molar-refractivity contribution in [1.29, 1.82) is 0 Å². The summed E-state index contributed by atoms with van der Waals surface area (Å²) in [6, 6.07) is 5.48. The normalized spacial score (nSPS) is 12.0. The van der Waals surface area contributed by atoms with E-state index in [0.29, 0.717) is 28.5 Å². The van der Waals surface area contributed by atoms with Gasteiger partial charge in [-0.3, -0.25) is 14.2 Å². The van der Waals surface area contributed by atoms with Crippen LogP contribution in [-0.2, 0) is 11.3 Å². The number of carbonyl (C=O) groups is 1. The fourth-order valence-electron chi connectivity index (χ4n) is 2.39. The van der Waals surface area contributed by atoms with Crippen LogP contribution in [0.25, 0.3) is 10.9 Å². The van der Waals surface area contributed by atoms with E-state index in [1.807, 2.05) is 32.9 Å². The number of nitrogens with one attached hydrogen (secondary N) is 1. The van der Waals surface area contributed by atoms with Gasteiger partial charge in [0.05, 0.1) is 16.7 Å². The van der Waals surface area contributed by atoms with Gasteiger partial charge in [-0.15, -0.1) is 0 Å². The second-order valence-corrected chi connectivity index (χ2v) is 9.31. The van der Waals surface area contributed by atoms with Gasteiger partial charge in [0.15, 0.2) is 5.16 Å². The quantitative estimate of drug-likeness (QED) is 0.583. The number of nitrogens with zero attached hydrogens (tertiary/aromatic N) is 2. The molecule has 1 heterocycles. The number of benzene rings is 1. The molecule has 0 spiro atoms. The lowest BCUT2D eigenvalue weighted by Crippen LogP contribution is -2.41. The van der Waals surface area contributed by atoms with Crippen LogP contribution in [0, 0.1) is 5.92 Å². The molecule has 2 aromatic rings. The summed E-state index contributed by atoms with van der Waals surface area (Å²) in [6.07, 6.45) is 0. The first kappa shape index (κ1) is 20.0. The van der Waals surface area contributed by atoms with Crippen molar-refractivity contribution in [2.45, 2.75) is 51.9 Å². The summed E-state index contributed by atoms with van der Waals surface area (Å²) in [7, 11) is 0. The molecule has 7 heteroatoms. The molecule has 1 aromatic heterocycles. The first-order valence-electron chi connectivity index (χ1n) is 8.21.